The summed E-state index contributed by atoms with van der Waals surface area (Å²) in [5, 5.41) is 2.73. The highest BCUT2D eigenvalue weighted by Crippen LogP contribution is 2.23. The number of benzene rings is 1. The zero-order chi connectivity index (χ0) is 13.3. The fourth-order valence-corrected chi connectivity index (χ4v) is 2.51. The van der Waals surface area contributed by atoms with Gasteiger partial charge in [0.25, 0.3) is 5.91 Å². The lowest BCUT2D eigenvalue weighted by atomic mass is 10.1. The number of thiol groups is 1. The van der Waals surface area contributed by atoms with Gasteiger partial charge in [0.2, 0.25) is 5.91 Å². The fraction of sp³-hybridized carbons (Fsp3) is 0.333. The lowest BCUT2D eigenvalue weighted by Crippen LogP contribution is -2.55. The van der Waals surface area contributed by atoms with Crippen LogP contribution in [0.1, 0.15) is 17.3 Å². The number of nitrogens with one attached hydrogen (secondary N) is 1. The molecule has 0 bridgehead atoms. The van der Waals surface area contributed by atoms with Crippen molar-refractivity contribution < 1.29 is 9.59 Å². The van der Waals surface area contributed by atoms with Crippen LogP contribution in [0.5, 0.6) is 0 Å². The molecule has 1 heterocycles. The number of carbonyl (C=O) groups excluding carboxylic acids is 2. The van der Waals surface area contributed by atoms with Gasteiger partial charge in [0, 0.05) is 22.5 Å². The molecule has 2 amide bonds. The Kier molecular flexibility index (Phi) is 3.97. The minimum atomic E-state index is -0.443. The van der Waals surface area contributed by atoms with Gasteiger partial charge in [-0.15, -0.1) is 12.6 Å². The zero-order valence-corrected chi connectivity index (χ0v) is 12.3. The smallest absolute Gasteiger partial charge is 0.255 e. The van der Waals surface area contributed by atoms with Crippen molar-refractivity contribution in [1.29, 1.82) is 0 Å². The molecule has 1 N–H and O–H groups in total. The van der Waals surface area contributed by atoms with Crippen molar-refractivity contribution in [2.24, 2.45) is 0 Å². The number of amides is 2. The number of carbonyl (C=O) groups is 2. The predicted molar refractivity (Wildman–Crippen MR) is 74.9 cm³/mol. The molecular weight excluding hydrogens is 316 g/mol. The van der Waals surface area contributed by atoms with Crippen LogP contribution < -0.4 is 5.32 Å². The van der Waals surface area contributed by atoms with Crippen LogP contribution in [0.15, 0.2) is 27.6 Å². The van der Waals surface area contributed by atoms with Crippen LogP contribution in [-0.4, -0.2) is 35.8 Å². The number of nitrogens with zero attached hydrogens (tertiary/aromatic N) is 1. The molecule has 1 aromatic rings. The molecule has 1 aliphatic heterocycles. The van der Waals surface area contributed by atoms with E-state index in [1.165, 1.54) is 0 Å². The molecule has 0 saturated carbocycles. The van der Waals surface area contributed by atoms with E-state index in [0.29, 0.717) is 23.1 Å². The topological polar surface area (TPSA) is 49.4 Å². The van der Waals surface area contributed by atoms with Crippen molar-refractivity contribution in [1.82, 2.24) is 10.2 Å². The van der Waals surface area contributed by atoms with Crippen LogP contribution in [0.3, 0.4) is 0 Å². The Labute approximate surface area is 119 Å². The van der Waals surface area contributed by atoms with E-state index in [2.05, 4.69) is 33.9 Å². The zero-order valence-electron chi connectivity index (χ0n) is 9.81. The molecule has 1 unspecified atom stereocenters. The maximum Gasteiger partial charge on any atom is 0.255 e. The molecule has 1 fully saturated rings. The van der Waals surface area contributed by atoms with Crippen molar-refractivity contribution in [3.05, 3.63) is 28.2 Å². The van der Waals surface area contributed by atoms with Crippen LogP contribution in [-0.2, 0) is 4.79 Å². The Balaban J connectivity index is 2.30. The number of rotatable bonds is 1. The van der Waals surface area contributed by atoms with Gasteiger partial charge in [-0.05, 0) is 41.1 Å². The summed E-state index contributed by atoms with van der Waals surface area (Å²) in [7, 11) is 0. The quantitative estimate of drug-likeness (QED) is 0.771. The first-order valence-electron chi connectivity index (χ1n) is 5.58. The Hall–Kier alpha value is -1.01. The Morgan fingerprint density at radius 2 is 2.28 bits per heavy atom. The summed E-state index contributed by atoms with van der Waals surface area (Å²) in [6.07, 6.45) is 0. The van der Waals surface area contributed by atoms with Crippen LogP contribution in [0.25, 0.3) is 0 Å². The standard InChI is InChI=1S/C12H13BrN2O2S/c1-7-11(16)14-4-5-15(7)12(17)9-6-8(18)2-3-10(9)13/h2-3,6-7,18H,4-5H2,1H3,(H,14,16). The monoisotopic (exact) mass is 328 g/mol. The Morgan fingerprint density at radius 3 is 3.00 bits per heavy atom. The second-order valence-corrected chi connectivity index (χ2v) is 5.50. The van der Waals surface area contributed by atoms with Gasteiger partial charge in [-0.25, -0.2) is 0 Å². The van der Waals surface area contributed by atoms with Crippen LogP contribution in [0.2, 0.25) is 0 Å². The maximum absolute atomic E-state index is 12.4. The Bertz CT molecular complexity index is 507. The fourth-order valence-electron chi connectivity index (χ4n) is 1.89. The van der Waals surface area contributed by atoms with Crippen molar-refractivity contribution >= 4 is 40.4 Å². The first kappa shape index (κ1) is 13.4. The second-order valence-electron chi connectivity index (χ2n) is 4.13. The normalized spacial score (nSPS) is 19.6. The molecule has 0 radical (unpaired) electrons. The Morgan fingerprint density at radius 1 is 1.56 bits per heavy atom. The van der Waals surface area contributed by atoms with Crippen molar-refractivity contribution in [3.8, 4) is 0 Å². The number of piperazine rings is 1. The van der Waals surface area contributed by atoms with Crippen molar-refractivity contribution in [2.45, 2.75) is 17.9 Å². The van der Waals surface area contributed by atoms with Gasteiger partial charge in [0.1, 0.15) is 6.04 Å². The molecule has 1 aliphatic rings. The van der Waals surface area contributed by atoms with Gasteiger partial charge in [-0.1, -0.05) is 0 Å². The first-order valence-corrected chi connectivity index (χ1v) is 6.82. The molecule has 96 valence electrons. The van der Waals surface area contributed by atoms with Crippen LogP contribution in [0.4, 0.5) is 0 Å². The van der Waals surface area contributed by atoms with E-state index in [4.69, 9.17) is 0 Å². The highest BCUT2D eigenvalue weighted by molar-refractivity contribution is 9.10. The molecule has 1 aromatic carbocycles. The molecule has 1 saturated heterocycles. The number of hydrogen-bond acceptors (Lipinski definition) is 3. The summed E-state index contributed by atoms with van der Waals surface area (Å²) >= 11 is 7.58. The highest BCUT2D eigenvalue weighted by atomic mass is 79.9. The molecule has 4 nitrogen and oxygen atoms in total. The third-order valence-electron chi connectivity index (χ3n) is 2.94. The van der Waals surface area contributed by atoms with Gasteiger partial charge in [-0.2, -0.15) is 0 Å². The summed E-state index contributed by atoms with van der Waals surface area (Å²) in [5.74, 6) is -0.270. The van der Waals surface area contributed by atoms with Gasteiger partial charge in [0.05, 0.1) is 5.56 Å². The van der Waals surface area contributed by atoms with Gasteiger partial charge in [-0.3, -0.25) is 9.59 Å². The van der Waals surface area contributed by atoms with E-state index < -0.39 is 6.04 Å². The van der Waals surface area contributed by atoms with Crippen LogP contribution >= 0.6 is 28.6 Å². The number of halogens is 1. The molecule has 2 rings (SSSR count). The SMILES string of the molecule is CC1C(=O)NCCN1C(=O)c1cc(S)ccc1Br. The van der Waals surface area contributed by atoms with Crippen LogP contribution in [0, 0.1) is 0 Å². The molecule has 0 aromatic heterocycles. The van der Waals surface area contributed by atoms with Gasteiger partial charge < -0.3 is 10.2 Å². The molecule has 18 heavy (non-hydrogen) atoms. The largest absolute Gasteiger partial charge is 0.353 e. The minimum absolute atomic E-state index is 0.118. The van der Waals surface area contributed by atoms with Gasteiger partial charge >= 0.3 is 0 Å². The lowest BCUT2D eigenvalue weighted by molar-refractivity contribution is -0.127. The summed E-state index contributed by atoms with van der Waals surface area (Å²) < 4.78 is 0.712. The average molecular weight is 329 g/mol. The molecule has 0 aliphatic carbocycles. The van der Waals surface area contributed by atoms with Gasteiger partial charge in [0.15, 0.2) is 0 Å². The van der Waals surface area contributed by atoms with E-state index in [-0.39, 0.29) is 11.8 Å². The predicted octanol–water partition coefficient (Wildman–Crippen LogP) is 1.70. The number of hydrogen-bond donors (Lipinski definition) is 2. The summed E-state index contributed by atoms with van der Waals surface area (Å²) in [4.78, 5) is 26.3. The molecule has 6 heteroatoms. The van der Waals surface area contributed by atoms with E-state index in [9.17, 15) is 9.59 Å². The minimum Gasteiger partial charge on any atom is -0.353 e. The highest BCUT2D eigenvalue weighted by Gasteiger charge is 2.30. The summed E-state index contributed by atoms with van der Waals surface area (Å²) in [5.41, 5.74) is 0.532. The average Bonchev–Trinajstić information content (AvgIpc) is 2.35. The summed E-state index contributed by atoms with van der Waals surface area (Å²) in [6, 6.07) is 4.84. The van der Waals surface area contributed by atoms with Crippen molar-refractivity contribution in [3.63, 3.8) is 0 Å². The van der Waals surface area contributed by atoms with E-state index >= 15 is 0 Å². The van der Waals surface area contributed by atoms with E-state index in [0.717, 1.165) is 4.90 Å². The maximum atomic E-state index is 12.4. The lowest BCUT2D eigenvalue weighted by Gasteiger charge is -2.33. The van der Waals surface area contributed by atoms with E-state index in [1.54, 1.807) is 30.0 Å². The van der Waals surface area contributed by atoms with E-state index in [1.807, 2.05) is 0 Å². The molecule has 0 spiro atoms. The third-order valence-corrected chi connectivity index (χ3v) is 3.91. The second kappa shape index (κ2) is 5.32. The summed E-state index contributed by atoms with van der Waals surface area (Å²) in [6.45, 7) is 2.74. The third kappa shape index (κ3) is 2.54. The molecule has 1 atom stereocenters. The molecular formula is C12H13BrN2O2S. The first-order chi connectivity index (χ1) is 8.50. The van der Waals surface area contributed by atoms with Crippen molar-refractivity contribution in [2.75, 3.05) is 13.1 Å².